The highest BCUT2D eigenvalue weighted by Gasteiger charge is 2.41. The smallest absolute Gasteiger partial charge is 0.410 e. The van der Waals surface area contributed by atoms with Gasteiger partial charge >= 0.3 is 6.09 Å². The molecule has 4 N–H and O–H groups in total. The number of hydrogen-bond donors (Lipinski definition) is 4. The number of amides is 3. The van der Waals surface area contributed by atoms with Crippen molar-refractivity contribution < 1.29 is 19.1 Å². The van der Waals surface area contributed by atoms with Crippen LogP contribution in [-0.4, -0.2) is 92.3 Å². The molecule has 6 aromatic carbocycles. The van der Waals surface area contributed by atoms with Crippen molar-refractivity contribution >= 4 is 41.4 Å². The van der Waals surface area contributed by atoms with Crippen molar-refractivity contribution in [1.82, 2.24) is 26.2 Å². The van der Waals surface area contributed by atoms with Crippen LogP contribution in [0.5, 0.6) is 0 Å². The molecule has 0 saturated carbocycles. The first kappa shape index (κ1) is 49.6. The minimum Gasteiger partial charge on any atom is -0.444 e. The van der Waals surface area contributed by atoms with E-state index >= 15 is 4.79 Å². The second kappa shape index (κ2) is 24.1. The van der Waals surface area contributed by atoms with Crippen LogP contribution >= 0.6 is 23.5 Å². The maximum Gasteiger partial charge on any atom is 0.410 e. The molecule has 11 heteroatoms. The number of ether oxygens (including phenoxy) is 1. The van der Waals surface area contributed by atoms with Crippen LogP contribution in [0.3, 0.4) is 0 Å². The third-order valence-corrected chi connectivity index (χ3v) is 14.5. The van der Waals surface area contributed by atoms with E-state index in [4.69, 9.17) is 4.74 Å². The van der Waals surface area contributed by atoms with Gasteiger partial charge in [-0.2, -0.15) is 0 Å². The van der Waals surface area contributed by atoms with E-state index in [1.807, 2.05) is 101 Å². The maximum atomic E-state index is 15.1. The van der Waals surface area contributed by atoms with Gasteiger partial charge in [-0.05, 0) is 61.2 Å². The molecular formula is C55H63N5O4S2. The van der Waals surface area contributed by atoms with E-state index in [2.05, 4.69) is 130 Å². The third kappa shape index (κ3) is 12.7. The normalized spacial score (nSPS) is 12.7. The Labute approximate surface area is 399 Å². The van der Waals surface area contributed by atoms with Crippen LogP contribution in [0.25, 0.3) is 0 Å². The molecule has 0 fully saturated rings. The molecule has 3 amide bonds. The topological polar surface area (TPSA) is 112 Å². The molecular weight excluding hydrogens is 859 g/mol. The van der Waals surface area contributed by atoms with Crippen molar-refractivity contribution in [2.24, 2.45) is 0 Å². The Bertz CT molecular complexity index is 2200. The van der Waals surface area contributed by atoms with E-state index in [1.54, 1.807) is 30.6 Å². The predicted molar refractivity (Wildman–Crippen MR) is 273 cm³/mol. The van der Waals surface area contributed by atoms with E-state index in [1.165, 1.54) is 4.90 Å². The lowest BCUT2D eigenvalue weighted by atomic mass is 9.84. The van der Waals surface area contributed by atoms with E-state index in [-0.39, 0.29) is 30.7 Å². The van der Waals surface area contributed by atoms with Crippen LogP contribution in [0.15, 0.2) is 182 Å². The molecule has 66 heavy (non-hydrogen) atoms. The Kier molecular flexibility index (Phi) is 18.1. The van der Waals surface area contributed by atoms with E-state index in [9.17, 15) is 9.59 Å². The number of carbonyl (C=O) groups excluding carboxylic acids is 3. The Morgan fingerprint density at radius 2 is 0.864 bits per heavy atom. The molecule has 0 aliphatic carbocycles. The zero-order valence-electron chi connectivity index (χ0n) is 38.6. The Balaban J connectivity index is 1.36. The second-order valence-electron chi connectivity index (χ2n) is 17.0. The predicted octanol–water partition coefficient (Wildman–Crippen LogP) is 9.08. The zero-order chi connectivity index (χ0) is 46.8. The quantitative estimate of drug-likeness (QED) is 0.0395. The van der Waals surface area contributed by atoms with Gasteiger partial charge in [-0.15, -0.1) is 23.5 Å². The summed E-state index contributed by atoms with van der Waals surface area (Å²) in [5, 5.41) is 13.0. The van der Waals surface area contributed by atoms with Gasteiger partial charge in [0.1, 0.15) is 11.6 Å². The highest BCUT2D eigenvalue weighted by Crippen LogP contribution is 2.50. The molecule has 0 radical (unpaired) electrons. The molecule has 0 saturated heterocycles. The molecule has 2 atom stereocenters. The summed E-state index contributed by atoms with van der Waals surface area (Å²) in [5.74, 6) is -0.0575. The first-order valence-corrected chi connectivity index (χ1v) is 24.5. The molecule has 0 aliphatic heterocycles. The molecule has 0 spiro atoms. The fraction of sp³-hybridized carbons (Fsp3) is 0.291. The number of rotatable bonds is 22. The highest BCUT2D eigenvalue weighted by molar-refractivity contribution is 8.01. The highest BCUT2D eigenvalue weighted by atomic mass is 32.2. The van der Waals surface area contributed by atoms with E-state index in [0.29, 0.717) is 18.8 Å². The first-order chi connectivity index (χ1) is 32.0. The van der Waals surface area contributed by atoms with Crippen molar-refractivity contribution in [3.8, 4) is 0 Å². The monoisotopic (exact) mass is 921 g/mol. The number of nitrogens with one attached hydrogen (secondary N) is 4. The van der Waals surface area contributed by atoms with Crippen LogP contribution < -0.4 is 21.3 Å². The molecule has 0 unspecified atom stereocenters. The molecule has 0 aromatic heterocycles. The van der Waals surface area contributed by atoms with Crippen molar-refractivity contribution in [2.75, 3.05) is 51.8 Å². The van der Waals surface area contributed by atoms with Gasteiger partial charge < -0.3 is 30.9 Å². The molecule has 9 nitrogen and oxygen atoms in total. The maximum absolute atomic E-state index is 15.1. The number of thioether (sulfide) groups is 2. The van der Waals surface area contributed by atoms with Gasteiger partial charge in [0.2, 0.25) is 11.8 Å². The van der Waals surface area contributed by atoms with Crippen molar-refractivity contribution in [3.63, 3.8) is 0 Å². The molecule has 0 aliphatic rings. The summed E-state index contributed by atoms with van der Waals surface area (Å²) in [6.07, 6.45) is -0.485. The number of nitrogens with zero attached hydrogens (tertiary/aromatic N) is 1. The Morgan fingerprint density at radius 1 is 0.515 bits per heavy atom. The van der Waals surface area contributed by atoms with Gasteiger partial charge in [0, 0.05) is 44.7 Å². The summed E-state index contributed by atoms with van der Waals surface area (Å²) in [6.45, 7) is 6.96. The Hall–Kier alpha value is -5.85. The number of carbonyl (C=O) groups is 3. The number of hydrogen-bond acceptors (Lipinski definition) is 8. The summed E-state index contributed by atoms with van der Waals surface area (Å²) >= 11 is 3.30. The lowest BCUT2D eigenvalue weighted by molar-refractivity contribution is -0.129. The summed E-state index contributed by atoms with van der Waals surface area (Å²) in [4.78, 5) is 44.0. The lowest BCUT2D eigenvalue weighted by Crippen LogP contribution is -2.56. The van der Waals surface area contributed by atoms with Crippen molar-refractivity contribution in [2.45, 2.75) is 47.9 Å². The Morgan fingerprint density at radius 3 is 1.20 bits per heavy atom. The van der Waals surface area contributed by atoms with Crippen LogP contribution in [-0.2, 0) is 23.8 Å². The van der Waals surface area contributed by atoms with Gasteiger partial charge in [-0.1, -0.05) is 182 Å². The van der Waals surface area contributed by atoms with Gasteiger partial charge in [0.15, 0.2) is 0 Å². The third-order valence-electron chi connectivity index (χ3n) is 11.2. The van der Waals surface area contributed by atoms with Crippen LogP contribution in [0.4, 0.5) is 4.79 Å². The average Bonchev–Trinajstić information content (AvgIpc) is 3.34. The SMILES string of the molecule is CNCCN[C@@H](CSC(c1ccccc1)(c1ccccc1)c1ccccc1)C(=O)N[C@@H](CSC(c1ccccc1)(c1ccccc1)c1ccccc1)C(=O)NCCN(C)C(=O)OC(C)(C)C. The number of likely N-dealkylation sites (N-methyl/N-ethyl adjacent to an activating group) is 2. The van der Waals surface area contributed by atoms with Crippen LogP contribution in [0, 0.1) is 0 Å². The van der Waals surface area contributed by atoms with Crippen molar-refractivity contribution in [1.29, 1.82) is 0 Å². The van der Waals surface area contributed by atoms with Gasteiger partial charge in [0.25, 0.3) is 0 Å². The molecule has 6 rings (SSSR count). The summed E-state index contributed by atoms with van der Waals surface area (Å²) < 4.78 is 4.15. The minimum absolute atomic E-state index is 0.153. The second-order valence-corrected chi connectivity index (χ2v) is 19.5. The molecule has 0 heterocycles. The average molecular weight is 922 g/mol. The van der Waals surface area contributed by atoms with Crippen LogP contribution in [0.1, 0.15) is 54.2 Å². The van der Waals surface area contributed by atoms with E-state index in [0.717, 1.165) is 33.4 Å². The zero-order valence-corrected chi connectivity index (χ0v) is 40.2. The molecule has 6 aromatic rings. The lowest BCUT2D eigenvalue weighted by Gasteiger charge is -2.37. The fourth-order valence-corrected chi connectivity index (χ4v) is 11.1. The molecule has 344 valence electrons. The minimum atomic E-state index is -0.967. The van der Waals surface area contributed by atoms with E-state index < -0.39 is 33.3 Å². The number of benzene rings is 6. The largest absolute Gasteiger partial charge is 0.444 e. The van der Waals surface area contributed by atoms with Gasteiger partial charge in [-0.3, -0.25) is 9.59 Å². The summed E-state index contributed by atoms with van der Waals surface area (Å²) in [7, 11) is 3.52. The van der Waals surface area contributed by atoms with Crippen LogP contribution in [0.2, 0.25) is 0 Å². The molecule has 0 bridgehead atoms. The standard InChI is InChI=1S/C55H63N5O4S2/c1-53(2,3)64-52(63)60(5)39-38-58-50(61)49(41-66-55(45-30-18-9-19-31-45,46-32-20-10-21-33-46)47-34-22-11-23-35-47)59-51(62)48(57-37-36-56-4)40-65-54(42-24-12-6-13-25-42,43-26-14-7-15-27-43)44-28-16-8-17-29-44/h6-35,48-49,56-57H,36-41H2,1-5H3,(H,58,61)(H,59,62)/t48-,49-/m0/s1. The van der Waals surface area contributed by atoms with Gasteiger partial charge in [0.05, 0.1) is 15.5 Å². The summed E-state index contributed by atoms with van der Waals surface area (Å²) in [5.41, 5.74) is 5.72. The fourth-order valence-electron chi connectivity index (χ4n) is 7.91. The first-order valence-electron chi connectivity index (χ1n) is 22.5. The van der Waals surface area contributed by atoms with Gasteiger partial charge in [-0.25, -0.2) is 4.79 Å². The van der Waals surface area contributed by atoms with Crippen molar-refractivity contribution in [3.05, 3.63) is 215 Å². The summed E-state index contributed by atoms with van der Waals surface area (Å²) in [6, 6.07) is 60.5.